The van der Waals surface area contributed by atoms with Crippen molar-refractivity contribution in [1.82, 2.24) is 9.97 Å². The summed E-state index contributed by atoms with van der Waals surface area (Å²) in [6.07, 6.45) is 2.12. The number of anilines is 2. The Hall–Kier alpha value is -1.56. The van der Waals surface area contributed by atoms with Crippen LogP contribution in [0.2, 0.25) is 0 Å². The highest BCUT2D eigenvalue weighted by Crippen LogP contribution is 2.27. The van der Waals surface area contributed by atoms with Gasteiger partial charge in [-0.15, -0.1) is 0 Å². The number of hydrogen-bond donors (Lipinski definition) is 2. The van der Waals surface area contributed by atoms with Crippen LogP contribution in [0.4, 0.5) is 11.5 Å². The lowest BCUT2D eigenvalue weighted by Crippen LogP contribution is -2.27. The van der Waals surface area contributed by atoms with E-state index in [-0.39, 0.29) is 6.61 Å². The molecule has 1 aromatic rings. The summed E-state index contributed by atoms with van der Waals surface area (Å²) in [5, 5.41) is 8.85. The first-order valence-electron chi connectivity index (χ1n) is 5.83. The van der Waals surface area contributed by atoms with Crippen LogP contribution in [0.3, 0.4) is 0 Å². The molecule has 0 saturated carbocycles. The van der Waals surface area contributed by atoms with Crippen LogP contribution in [0.15, 0.2) is 6.33 Å². The fourth-order valence-electron chi connectivity index (χ4n) is 1.55. The molecule has 0 amide bonds. The molecule has 0 radical (unpaired) electrons. The number of nitrogen functional groups attached to an aromatic ring is 1. The molecule has 0 saturated heterocycles. The van der Waals surface area contributed by atoms with Gasteiger partial charge in [-0.25, -0.2) is 4.98 Å². The molecular formula is C11H20N4O2. The zero-order chi connectivity index (χ0) is 12.7. The fraction of sp³-hybridized carbons (Fsp3) is 0.636. The molecule has 0 spiro atoms. The summed E-state index contributed by atoms with van der Waals surface area (Å²) in [6, 6.07) is 0. The summed E-state index contributed by atoms with van der Waals surface area (Å²) in [5.74, 6) is 1.08. The van der Waals surface area contributed by atoms with Crippen molar-refractivity contribution in [2.45, 2.75) is 20.3 Å². The number of aromatic nitrogens is 2. The molecule has 0 fully saturated rings. The second kappa shape index (κ2) is 6.90. The van der Waals surface area contributed by atoms with Crippen molar-refractivity contribution in [2.75, 3.05) is 36.9 Å². The highest BCUT2D eigenvalue weighted by Gasteiger charge is 2.14. The van der Waals surface area contributed by atoms with E-state index in [0.717, 1.165) is 6.54 Å². The second-order valence-corrected chi connectivity index (χ2v) is 3.51. The first-order valence-corrected chi connectivity index (χ1v) is 5.83. The molecular weight excluding hydrogens is 220 g/mol. The van der Waals surface area contributed by atoms with E-state index < -0.39 is 0 Å². The van der Waals surface area contributed by atoms with Gasteiger partial charge in [-0.05, 0) is 20.3 Å². The minimum absolute atomic E-state index is 0.153. The van der Waals surface area contributed by atoms with Gasteiger partial charge < -0.3 is 20.5 Å². The highest BCUT2D eigenvalue weighted by molar-refractivity contribution is 5.67. The SMILES string of the molecule is CCOc1ncnc(N(CC)CCCO)c1N. The number of nitrogens with two attached hydrogens (primary N) is 1. The molecule has 0 atom stereocenters. The summed E-state index contributed by atoms with van der Waals surface area (Å²) in [6.45, 7) is 6.04. The van der Waals surface area contributed by atoms with Crippen LogP contribution in [0.1, 0.15) is 20.3 Å². The maximum Gasteiger partial charge on any atom is 0.242 e. The van der Waals surface area contributed by atoms with Crippen molar-refractivity contribution in [3.8, 4) is 5.88 Å². The third-order valence-electron chi connectivity index (χ3n) is 2.37. The van der Waals surface area contributed by atoms with Crippen LogP contribution < -0.4 is 15.4 Å². The molecule has 6 nitrogen and oxygen atoms in total. The number of nitrogens with zero attached hydrogens (tertiary/aromatic N) is 3. The van der Waals surface area contributed by atoms with Crippen LogP contribution in [0.25, 0.3) is 0 Å². The standard InChI is InChI=1S/C11H20N4O2/c1-3-15(6-5-7-16)10-9(12)11(17-4-2)14-8-13-10/h8,16H,3-7,12H2,1-2H3. The van der Waals surface area contributed by atoms with Gasteiger partial charge in [0.05, 0.1) is 6.61 Å². The predicted molar refractivity (Wildman–Crippen MR) is 67.2 cm³/mol. The van der Waals surface area contributed by atoms with E-state index in [4.69, 9.17) is 15.6 Å². The number of aliphatic hydroxyl groups is 1. The summed E-state index contributed by atoms with van der Waals surface area (Å²) >= 11 is 0. The first-order chi connectivity index (χ1) is 8.24. The minimum Gasteiger partial charge on any atom is -0.476 e. The molecule has 0 bridgehead atoms. The normalized spacial score (nSPS) is 10.3. The molecule has 1 rings (SSSR count). The Labute approximate surface area is 101 Å². The maximum absolute atomic E-state index is 8.85. The molecule has 6 heteroatoms. The number of hydrogen-bond acceptors (Lipinski definition) is 6. The van der Waals surface area contributed by atoms with E-state index in [0.29, 0.717) is 37.0 Å². The minimum atomic E-state index is 0.153. The Bertz CT molecular complexity index is 346. The van der Waals surface area contributed by atoms with E-state index in [1.54, 1.807) is 0 Å². The first kappa shape index (κ1) is 13.5. The quantitative estimate of drug-likeness (QED) is 0.728. The Morgan fingerprint density at radius 3 is 2.76 bits per heavy atom. The van der Waals surface area contributed by atoms with Crippen molar-refractivity contribution in [2.24, 2.45) is 0 Å². The molecule has 0 unspecified atom stereocenters. The fourth-order valence-corrected chi connectivity index (χ4v) is 1.55. The lowest BCUT2D eigenvalue weighted by molar-refractivity contribution is 0.289. The third kappa shape index (κ3) is 3.45. The van der Waals surface area contributed by atoms with Gasteiger partial charge in [0.1, 0.15) is 12.0 Å². The summed E-state index contributed by atoms with van der Waals surface area (Å²) in [4.78, 5) is 10.2. The monoisotopic (exact) mass is 240 g/mol. The highest BCUT2D eigenvalue weighted by atomic mass is 16.5. The van der Waals surface area contributed by atoms with E-state index in [1.807, 2.05) is 18.7 Å². The van der Waals surface area contributed by atoms with Crippen LogP contribution >= 0.6 is 0 Å². The van der Waals surface area contributed by atoms with Crippen molar-refractivity contribution < 1.29 is 9.84 Å². The smallest absolute Gasteiger partial charge is 0.242 e. The molecule has 1 aromatic heterocycles. The van der Waals surface area contributed by atoms with E-state index in [1.165, 1.54) is 6.33 Å². The molecule has 17 heavy (non-hydrogen) atoms. The van der Waals surface area contributed by atoms with Gasteiger partial charge in [-0.3, -0.25) is 0 Å². The zero-order valence-corrected chi connectivity index (χ0v) is 10.4. The lowest BCUT2D eigenvalue weighted by Gasteiger charge is -2.23. The molecule has 1 heterocycles. The largest absolute Gasteiger partial charge is 0.476 e. The molecule has 0 aliphatic heterocycles. The maximum atomic E-state index is 8.85. The molecule has 0 aliphatic rings. The molecule has 96 valence electrons. The van der Waals surface area contributed by atoms with Gasteiger partial charge in [0.2, 0.25) is 5.88 Å². The molecule has 0 aliphatic carbocycles. The van der Waals surface area contributed by atoms with E-state index in [9.17, 15) is 0 Å². The summed E-state index contributed by atoms with van der Waals surface area (Å²) < 4.78 is 5.32. The van der Waals surface area contributed by atoms with Gasteiger partial charge in [0.15, 0.2) is 5.82 Å². The average molecular weight is 240 g/mol. The van der Waals surface area contributed by atoms with E-state index in [2.05, 4.69) is 9.97 Å². The van der Waals surface area contributed by atoms with Crippen molar-refractivity contribution in [3.63, 3.8) is 0 Å². The van der Waals surface area contributed by atoms with Crippen LogP contribution in [-0.2, 0) is 0 Å². The Kier molecular flexibility index (Phi) is 5.48. The van der Waals surface area contributed by atoms with Crippen LogP contribution in [-0.4, -0.2) is 41.4 Å². The van der Waals surface area contributed by atoms with E-state index >= 15 is 0 Å². The van der Waals surface area contributed by atoms with Crippen molar-refractivity contribution >= 4 is 11.5 Å². The van der Waals surface area contributed by atoms with Gasteiger partial charge in [-0.2, -0.15) is 4.98 Å². The summed E-state index contributed by atoms with van der Waals surface area (Å²) in [7, 11) is 0. The third-order valence-corrected chi connectivity index (χ3v) is 2.37. The van der Waals surface area contributed by atoms with Crippen LogP contribution in [0, 0.1) is 0 Å². The summed E-state index contributed by atoms with van der Waals surface area (Å²) in [5.41, 5.74) is 6.42. The predicted octanol–water partition coefficient (Wildman–Crippen LogP) is 0.666. The van der Waals surface area contributed by atoms with Gasteiger partial charge in [0.25, 0.3) is 0 Å². The number of ether oxygens (including phenoxy) is 1. The van der Waals surface area contributed by atoms with Crippen molar-refractivity contribution in [1.29, 1.82) is 0 Å². The Morgan fingerprint density at radius 2 is 2.18 bits per heavy atom. The number of aliphatic hydroxyl groups excluding tert-OH is 1. The average Bonchev–Trinajstić information content (AvgIpc) is 2.34. The Morgan fingerprint density at radius 1 is 1.41 bits per heavy atom. The van der Waals surface area contributed by atoms with Crippen LogP contribution in [0.5, 0.6) is 5.88 Å². The zero-order valence-electron chi connectivity index (χ0n) is 10.4. The molecule has 3 N–H and O–H groups in total. The van der Waals surface area contributed by atoms with Gasteiger partial charge in [0, 0.05) is 19.7 Å². The van der Waals surface area contributed by atoms with Gasteiger partial charge in [-0.1, -0.05) is 0 Å². The van der Waals surface area contributed by atoms with Crippen molar-refractivity contribution in [3.05, 3.63) is 6.33 Å². The number of rotatable bonds is 7. The van der Waals surface area contributed by atoms with Gasteiger partial charge >= 0.3 is 0 Å². The second-order valence-electron chi connectivity index (χ2n) is 3.51. The topological polar surface area (TPSA) is 84.5 Å². The Balaban J connectivity index is 2.90. The molecule has 0 aromatic carbocycles. The lowest BCUT2D eigenvalue weighted by atomic mass is 10.3.